The van der Waals surface area contributed by atoms with Crippen LogP contribution in [0.1, 0.15) is 15.9 Å². The van der Waals surface area contributed by atoms with E-state index in [-0.39, 0.29) is 10.6 Å². The SMILES string of the molecule is O=C([O-])c1cc(N/N=C\c2ccc(Br)cc2)ccc1Cl. The Morgan fingerprint density at radius 3 is 2.60 bits per heavy atom. The highest BCUT2D eigenvalue weighted by molar-refractivity contribution is 9.10. The van der Waals surface area contributed by atoms with Gasteiger partial charge < -0.3 is 9.90 Å². The largest absolute Gasteiger partial charge is 0.545 e. The third kappa shape index (κ3) is 3.82. The highest BCUT2D eigenvalue weighted by Crippen LogP contribution is 2.20. The van der Waals surface area contributed by atoms with Crippen LogP contribution in [0.2, 0.25) is 5.02 Å². The van der Waals surface area contributed by atoms with Gasteiger partial charge in [0, 0.05) is 15.1 Å². The minimum atomic E-state index is -1.32. The number of hydrogen-bond acceptors (Lipinski definition) is 4. The number of benzene rings is 2. The number of anilines is 1. The monoisotopic (exact) mass is 351 g/mol. The van der Waals surface area contributed by atoms with E-state index >= 15 is 0 Å². The minimum absolute atomic E-state index is 0.0736. The van der Waals surface area contributed by atoms with Crippen LogP contribution in [0.4, 0.5) is 5.69 Å². The van der Waals surface area contributed by atoms with Crippen molar-refractivity contribution in [1.29, 1.82) is 0 Å². The molecule has 2 aromatic carbocycles. The van der Waals surface area contributed by atoms with Gasteiger partial charge in [-0.2, -0.15) is 5.10 Å². The number of carboxylic acids is 1. The molecule has 0 aliphatic carbocycles. The van der Waals surface area contributed by atoms with E-state index in [1.54, 1.807) is 12.3 Å². The number of halogens is 2. The normalized spacial score (nSPS) is 10.7. The van der Waals surface area contributed by atoms with Crippen molar-refractivity contribution >= 4 is 45.4 Å². The van der Waals surface area contributed by atoms with Crippen LogP contribution >= 0.6 is 27.5 Å². The van der Waals surface area contributed by atoms with Gasteiger partial charge in [-0.15, -0.1) is 0 Å². The average molecular weight is 353 g/mol. The molecule has 0 saturated carbocycles. The molecule has 0 atom stereocenters. The summed E-state index contributed by atoms with van der Waals surface area (Å²) < 4.78 is 0.985. The molecule has 0 aliphatic heterocycles. The first-order valence-corrected chi connectivity index (χ1v) is 6.79. The number of rotatable bonds is 4. The standard InChI is InChI=1S/C14H10BrClN2O2/c15-10-3-1-9(2-4-10)8-17-18-11-5-6-13(16)12(7-11)14(19)20/h1-8,18H,(H,19,20)/p-1/b17-8-. The van der Waals surface area contributed by atoms with Crippen molar-refractivity contribution in [1.82, 2.24) is 0 Å². The van der Waals surface area contributed by atoms with Gasteiger partial charge in [0.15, 0.2) is 0 Å². The maximum atomic E-state index is 10.8. The molecule has 0 bridgehead atoms. The Hall–Kier alpha value is -1.85. The molecule has 0 spiro atoms. The number of carbonyl (C=O) groups is 1. The fourth-order valence-electron chi connectivity index (χ4n) is 1.48. The van der Waals surface area contributed by atoms with Gasteiger partial charge >= 0.3 is 0 Å². The van der Waals surface area contributed by atoms with Crippen molar-refractivity contribution in [2.24, 2.45) is 5.10 Å². The molecule has 2 aromatic rings. The molecule has 2 rings (SSSR count). The van der Waals surface area contributed by atoms with Crippen LogP contribution in [0.3, 0.4) is 0 Å². The van der Waals surface area contributed by atoms with Gasteiger partial charge in [0.05, 0.1) is 17.9 Å². The van der Waals surface area contributed by atoms with E-state index in [1.807, 2.05) is 24.3 Å². The zero-order valence-corrected chi connectivity index (χ0v) is 12.5. The summed E-state index contributed by atoms with van der Waals surface area (Å²) in [6.07, 6.45) is 1.62. The molecule has 4 nitrogen and oxygen atoms in total. The van der Waals surface area contributed by atoms with Crippen LogP contribution in [0.15, 0.2) is 52.0 Å². The summed E-state index contributed by atoms with van der Waals surface area (Å²) in [6, 6.07) is 12.1. The first kappa shape index (κ1) is 14.6. The summed E-state index contributed by atoms with van der Waals surface area (Å²) in [5.41, 5.74) is 4.09. The van der Waals surface area contributed by atoms with Crippen molar-refractivity contribution in [2.45, 2.75) is 0 Å². The van der Waals surface area contributed by atoms with Crippen LogP contribution in [0, 0.1) is 0 Å². The Labute approximate surface area is 129 Å². The summed E-state index contributed by atoms with van der Waals surface area (Å²) >= 11 is 9.09. The van der Waals surface area contributed by atoms with Crippen molar-refractivity contribution in [3.8, 4) is 0 Å². The number of nitrogens with zero attached hydrogens (tertiary/aromatic N) is 1. The smallest absolute Gasteiger partial charge is 0.0731 e. The predicted octanol–water partition coefficient (Wildman–Crippen LogP) is 2.91. The van der Waals surface area contributed by atoms with Gasteiger partial charge in [-0.1, -0.05) is 39.7 Å². The first-order chi connectivity index (χ1) is 9.56. The topological polar surface area (TPSA) is 64.5 Å². The van der Waals surface area contributed by atoms with Gasteiger partial charge in [-0.25, -0.2) is 0 Å². The van der Waals surface area contributed by atoms with Crippen LogP contribution in [0.25, 0.3) is 0 Å². The van der Waals surface area contributed by atoms with Gasteiger partial charge in [0.2, 0.25) is 0 Å². The lowest BCUT2D eigenvalue weighted by Crippen LogP contribution is -2.22. The van der Waals surface area contributed by atoms with Crippen molar-refractivity contribution in [2.75, 3.05) is 5.43 Å². The lowest BCUT2D eigenvalue weighted by Gasteiger charge is -2.07. The van der Waals surface area contributed by atoms with Crippen molar-refractivity contribution < 1.29 is 9.90 Å². The quantitative estimate of drug-likeness (QED) is 0.680. The molecule has 6 heteroatoms. The zero-order chi connectivity index (χ0) is 14.5. The summed E-state index contributed by atoms with van der Waals surface area (Å²) in [7, 11) is 0. The molecule has 0 fully saturated rings. The van der Waals surface area contributed by atoms with Crippen molar-refractivity contribution in [3.05, 3.63) is 63.1 Å². The maximum absolute atomic E-state index is 10.8. The maximum Gasteiger partial charge on any atom is 0.0731 e. The second kappa shape index (κ2) is 6.54. The summed E-state index contributed by atoms with van der Waals surface area (Å²) in [4.78, 5) is 10.8. The van der Waals surface area contributed by atoms with Crippen LogP contribution < -0.4 is 10.5 Å². The van der Waals surface area contributed by atoms with E-state index in [9.17, 15) is 9.90 Å². The van der Waals surface area contributed by atoms with Gasteiger partial charge in [-0.3, -0.25) is 5.43 Å². The number of aromatic carboxylic acids is 1. The predicted molar refractivity (Wildman–Crippen MR) is 81.1 cm³/mol. The van der Waals surface area contributed by atoms with E-state index < -0.39 is 5.97 Å². The number of carboxylic acid groups (broad SMARTS) is 1. The number of hydrogen-bond donors (Lipinski definition) is 1. The fourth-order valence-corrected chi connectivity index (χ4v) is 1.94. The minimum Gasteiger partial charge on any atom is -0.545 e. The lowest BCUT2D eigenvalue weighted by molar-refractivity contribution is -0.255. The van der Waals surface area contributed by atoms with Gasteiger partial charge in [0.25, 0.3) is 0 Å². The van der Waals surface area contributed by atoms with Crippen molar-refractivity contribution in [3.63, 3.8) is 0 Å². The summed E-state index contributed by atoms with van der Waals surface area (Å²) in [6.45, 7) is 0. The molecule has 102 valence electrons. The first-order valence-electron chi connectivity index (χ1n) is 5.62. The highest BCUT2D eigenvalue weighted by atomic mass is 79.9. The molecule has 0 saturated heterocycles. The van der Waals surface area contributed by atoms with Gasteiger partial charge in [-0.05, 0) is 35.9 Å². The fraction of sp³-hybridized carbons (Fsp3) is 0. The molecule has 0 unspecified atom stereocenters. The summed E-state index contributed by atoms with van der Waals surface area (Å²) in [5.74, 6) is -1.32. The Bertz CT molecular complexity index is 657. The molecule has 0 radical (unpaired) electrons. The summed E-state index contributed by atoms with van der Waals surface area (Å²) in [5, 5.41) is 15.0. The Morgan fingerprint density at radius 2 is 1.95 bits per heavy atom. The lowest BCUT2D eigenvalue weighted by atomic mass is 10.2. The average Bonchev–Trinajstić information content (AvgIpc) is 2.42. The third-order valence-corrected chi connectivity index (χ3v) is 3.32. The van der Waals surface area contributed by atoms with E-state index in [2.05, 4.69) is 26.5 Å². The number of nitrogens with one attached hydrogen (secondary N) is 1. The van der Waals surface area contributed by atoms with Crippen LogP contribution in [-0.2, 0) is 0 Å². The molecular formula is C14H9BrClN2O2-. The molecule has 0 aromatic heterocycles. The van der Waals surface area contributed by atoms with Crippen LogP contribution in [0.5, 0.6) is 0 Å². The van der Waals surface area contributed by atoms with E-state index in [4.69, 9.17) is 11.6 Å². The Kier molecular flexibility index (Phi) is 4.76. The van der Waals surface area contributed by atoms with E-state index in [0.29, 0.717) is 5.69 Å². The highest BCUT2D eigenvalue weighted by Gasteiger charge is 2.02. The number of carbonyl (C=O) groups excluding carboxylic acids is 1. The second-order valence-electron chi connectivity index (χ2n) is 3.90. The van der Waals surface area contributed by atoms with E-state index in [1.165, 1.54) is 12.1 Å². The molecule has 1 N–H and O–H groups in total. The van der Waals surface area contributed by atoms with Gasteiger partial charge in [0.1, 0.15) is 0 Å². The van der Waals surface area contributed by atoms with E-state index in [0.717, 1.165) is 10.0 Å². The second-order valence-corrected chi connectivity index (χ2v) is 5.23. The molecule has 0 aliphatic rings. The Morgan fingerprint density at radius 1 is 1.25 bits per heavy atom. The molecular weight excluding hydrogens is 344 g/mol. The number of hydrazone groups is 1. The molecule has 0 amide bonds. The Balaban J connectivity index is 2.09. The zero-order valence-electron chi connectivity index (χ0n) is 10.1. The third-order valence-electron chi connectivity index (χ3n) is 2.46. The molecule has 20 heavy (non-hydrogen) atoms. The molecule has 0 heterocycles. The van der Waals surface area contributed by atoms with Crippen LogP contribution in [-0.4, -0.2) is 12.2 Å².